The minimum atomic E-state index is -0.882. The van der Waals surface area contributed by atoms with E-state index in [4.69, 9.17) is 9.15 Å². The van der Waals surface area contributed by atoms with Crippen LogP contribution in [-0.2, 0) is 0 Å². The van der Waals surface area contributed by atoms with Crippen molar-refractivity contribution in [3.05, 3.63) is 48.4 Å². The third kappa shape index (κ3) is 4.25. The number of hydrogen-bond donors (Lipinski definition) is 3. The molecule has 0 saturated heterocycles. The monoisotopic (exact) mass is 290 g/mol. The third-order valence-electron chi connectivity index (χ3n) is 2.76. The smallest absolute Gasteiger partial charge is 0.319 e. The number of para-hydroxylation sites is 2. The number of rotatable bonds is 6. The molecule has 6 nitrogen and oxygen atoms in total. The lowest BCUT2D eigenvalue weighted by atomic mass is 10.3. The van der Waals surface area contributed by atoms with E-state index in [1.807, 2.05) is 13.0 Å². The second-order valence-corrected chi connectivity index (χ2v) is 4.30. The Labute approximate surface area is 122 Å². The second kappa shape index (κ2) is 7.35. The summed E-state index contributed by atoms with van der Waals surface area (Å²) >= 11 is 0. The van der Waals surface area contributed by atoms with Gasteiger partial charge in [-0.1, -0.05) is 12.1 Å². The van der Waals surface area contributed by atoms with Gasteiger partial charge in [0, 0.05) is 0 Å². The van der Waals surface area contributed by atoms with Crippen molar-refractivity contribution in [3.63, 3.8) is 0 Å². The summed E-state index contributed by atoms with van der Waals surface area (Å²) in [4.78, 5) is 11.8. The molecular weight excluding hydrogens is 272 g/mol. The van der Waals surface area contributed by atoms with Crippen molar-refractivity contribution in [3.8, 4) is 5.75 Å². The van der Waals surface area contributed by atoms with E-state index in [0.717, 1.165) is 0 Å². The molecule has 2 aromatic rings. The Hall–Kier alpha value is -2.47. The zero-order chi connectivity index (χ0) is 15.1. The first-order valence-corrected chi connectivity index (χ1v) is 6.69. The van der Waals surface area contributed by atoms with Crippen molar-refractivity contribution in [2.24, 2.45) is 0 Å². The average molecular weight is 290 g/mol. The maximum atomic E-state index is 11.8. The van der Waals surface area contributed by atoms with Crippen LogP contribution in [0.15, 0.2) is 47.1 Å². The topological polar surface area (TPSA) is 83.7 Å². The lowest BCUT2D eigenvalue weighted by molar-refractivity contribution is 0.149. The van der Waals surface area contributed by atoms with Crippen molar-refractivity contribution in [2.45, 2.75) is 13.0 Å². The molecule has 1 unspecified atom stereocenters. The van der Waals surface area contributed by atoms with Crippen LogP contribution in [0.5, 0.6) is 5.75 Å². The zero-order valence-electron chi connectivity index (χ0n) is 11.7. The van der Waals surface area contributed by atoms with Gasteiger partial charge in [-0.05, 0) is 31.2 Å². The second-order valence-electron chi connectivity index (χ2n) is 4.30. The van der Waals surface area contributed by atoms with Crippen molar-refractivity contribution in [1.29, 1.82) is 0 Å². The Balaban J connectivity index is 1.87. The molecular formula is C15H18N2O4. The van der Waals surface area contributed by atoms with Gasteiger partial charge in [0.15, 0.2) is 0 Å². The van der Waals surface area contributed by atoms with Crippen molar-refractivity contribution in [1.82, 2.24) is 5.32 Å². The van der Waals surface area contributed by atoms with E-state index < -0.39 is 12.1 Å². The van der Waals surface area contributed by atoms with Gasteiger partial charge < -0.3 is 24.9 Å². The number of nitrogens with one attached hydrogen (secondary N) is 2. The summed E-state index contributed by atoms with van der Waals surface area (Å²) in [6.45, 7) is 2.43. The van der Waals surface area contributed by atoms with E-state index >= 15 is 0 Å². The summed E-state index contributed by atoms with van der Waals surface area (Å²) in [6, 6.07) is 10.0. The molecule has 0 spiro atoms. The summed E-state index contributed by atoms with van der Waals surface area (Å²) in [5, 5.41) is 15.1. The predicted molar refractivity (Wildman–Crippen MR) is 78.3 cm³/mol. The van der Waals surface area contributed by atoms with E-state index in [2.05, 4.69) is 10.6 Å². The van der Waals surface area contributed by atoms with E-state index in [9.17, 15) is 9.90 Å². The Morgan fingerprint density at radius 2 is 2.14 bits per heavy atom. The molecule has 0 bridgehead atoms. The SMILES string of the molecule is CCOc1ccccc1NC(=O)NCC(O)c1ccco1. The van der Waals surface area contributed by atoms with Crippen molar-refractivity contribution < 1.29 is 19.1 Å². The number of aliphatic hydroxyl groups is 1. The van der Waals surface area contributed by atoms with Gasteiger partial charge in [-0.25, -0.2) is 4.79 Å². The normalized spacial score (nSPS) is 11.7. The average Bonchev–Trinajstić information content (AvgIpc) is 3.01. The number of benzene rings is 1. The molecule has 1 heterocycles. The maximum absolute atomic E-state index is 11.8. The first-order valence-electron chi connectivity index (χ1n) is 6.69. The molecule has 2 amide bonds. The number of carbonyl (C=O) groups excluding carboxylic acids is 1. The van der Waals surface area contributed by atoms with Crippen LogP contribution in [0.1, 0.15) is 18.8 Å². The number of amides is 2. The standard InChI is InChI=1S/C15H18N2O4/c1-2-20-13-7-4-3-6-11(13)17-15(19)16-10-12(18)14-8-5-9-21-14/h3-9,12,18H,2,10H2,1H3,(H2,16,17,19). The summed E-state index contributed by atoms with van der Waals surface area (Å²) in [5.41, 5.74) is 0.573. The van der Waals surface area contributed by atoms with E-state index in [-0.39, 0.29) is 6.54 Å². The highest BCUT2D eigenvalue weighted by atomic mass is 16.5. The molecule has 2 rings (SSSR count). The first kappa shape index (κ1) is 14.9. The molecule has 0 radical (unpaired) electrons. The number of furan rings is 1. The van der Waals surface area contributed by atoms with Crippen LogP contribution in [0.2, 0.25) is 0 Å². The molecule has 0 saturated carbocycles. The lowest BCUT2D eigenvalue weighted by Crippen LogP contribution is -2.32. The van der Waals surface area contributed by atoms with Crippen LogP contribution in [0.4, 0.5) is 10.5 Å². The molecule has 1 aromatic carbocycles. The van der Waals surface area contributed by atoms with Gasteiger partial charge >= 0.3 is 6.03 Å². The summed E-state index contributed by atoms with van der Waals surface area (Å²) in [5.74, 6) is 1.01. The molecule has 6 heteroatoms. The van der Waals surface area contributed by atoms with Gasteiger partial charge in [0.2, 0.25) is 0 Å². The minimum Gasteiger partial charge on any atom is -0.492 e. The van der Waals surface area contributed by atoms with Gasteiger partial charge in [0.05, 0.1) is 25.1 Å². The summed E-state index contributed by atoms with van der Waals surface area (Å²) < 4.78 is 10.5. The van der Waals surface area contributed by atoms with Gasteiger partial charge in [0.25, 0.3) is 0 Å². The molecule has 0 aliphatic heterocycles. The molecule has 1 aromatic heterocycles. The quantitative estimate of drug-likeness (QED) is 0.763. The van der Waals surface area contributed by atoms with Crippen LogP contribution in [0, 0.1) is 0 Å². The van der Waals surface area contributed by atoms with E-state index in [1.165, 1.54) is 6.26 Å². The fourth-order valence-electron chi connectivity index (χ4n) is 1.79. The number of hydrogen-bond acceptors (Lipinski definition) is 4. The highest BCUT2D eigenvalue weighted by Crippen LogP contribution is 2.23. The number of urea groups is 1. The summed E-state index contributed by atoms with van der Waals surface area (Å²) in [7, 11) is 0. The van der Waals surface area contributed by atoms with Crippen molar-refractivity contribution >= 4 is 11.7 Å². The highest BCUT2D eigenvalue weighted by molar-refractivity contribution is 5.90. The zero-order valence-corrected chi connectivity index (χ0v) is 11.7. The molecule has 0 aliphatic carbocycles. The molecule has 1 atom stereocenters. The fraction of sp³-hybridized carbons (Fsp3) is 0.267. The van der Waals surface area contributed by atoms with Crippen LogP contribution in [0.25, 0.3) is 0 Å². The van der Waals surface area contributed by atoms with Gasteiger partial charge in [-0.3, -0.25) is 0 Å². The van der Waals surface area contributed by atoms with Crippen LogP contribution >= 0.6 is 0 Å². The lowest BCUT2D eigenvalue weighted by Gasteiger charge is -2.13. The van der Waals surface area contributed by atoms with Crippen molar-refractivity contribution in [2.75, 3.05) is 18.5 Å². The fourth-order valence-corrected chi connectivity index (χ4v) is 1.79. The summed E-state index contributed by atoms with van der Waals surface area (Å²) in [6.07, 6.45) is 0.588. The molecule has 3 N–H and O–H groups in total. The minimum absolute atomic E-state index is 0.0517. The predicted octanol–water partition coefficient (Wildman–Crippen LogP) is 2.53. The van der Waals surface area contributed by atoms with Crippen LogP contribution in [-0.4, -0.2) is 24.3 Å². The molecule has 112 valence electrons. The third-order valence-corrected chi connectivity index (χ3v) is 2.76. The van der Waals surface area contributed by atoms with Gasteiger partial charge in [-0.2, -0.15) is 0 Å². The number of aliphatic hydroxyl groups excluding tert-OH is 1. The molecule has 21 heavy (non-hydrogen) atoms. The Kier molecular flexibility index (Phi) is 5.22. The largest absolute Gasteiger partial charge is 0.492 e. The van der Waals surface area contributed by atoms with Gasteiger partial charge in [0.1, 0.15) is 17.6 Å². The first-order chi connectivity index (χ1) is 10.2. The van der Waals surface area contributed by atoms with E-state index in [1.54, 1.807) is 30.3 Å². The number of carbonyl (C=O) groups is 1. The van der Waals surface area contributed by atoms with Crippen LogP contribution in [0.3, 0.4) is 0 Å². The van der Waals surface area contributed by atoms with Gasteiger partial charge in [-0.15, -0.1) is 0 Å². The molecule has 0 fully saturated rings. The Morgan fingerprint density at radius 1 is 1.33 bits per heavy atom. The Bertz CT molecular complexity index is 569. The maximum Gasteiger partial charge on any atom is 0.319 e. The Morgan fingerprint density at radius 3 is 2.86 bits per heavy atom. The van der Waals surface area contributed by atoms with Crippen LogP contribution < -0.4 is 15.4 Å². The highest BCUT2D eigenvalue weighted by Gasteiger charge is 2.12. The number of anilines is 1. The van der Waals surface area contributed by atoms with E-state index in [0.29, 0.717) is 23.8 Å². The molecule has 0 aliphatic rings. The number of ether oxygens (including phenoxy) is 1.